The van der Waals surface area contributed by atoms with E-state index in [-0.39, 0.29) is 22.0 Å². The van der Waals surface area contributed by atoms with Crippen LogP contribution in [0.3, 0.4) is 0 Å². The first-order chi connectivity index (χ1) is 13.2. The summed E-state index contributed by atoms with van der Waals surface area (Å²) in [4.78, 5) is 22.6. The highest BCUT2D eigenvalue weighted by molar-refractivity contribution is 7.98. The number of hydrogen-bond donors (Lipinski definition) is 1. The Morgan fingerprint density at radius 1 is 1.18 bits per heavy atom. The van der Waals surface area contributed by atoms with Gasteiger partial charge in [-0.25, -0.2) is 4.98 Å². The van der Waals surface area contributed by atoms with E-state index in [0.717, 1.165) is 6.07 Å². The molecule has 1 N–H and O–H groups in total. The summed E-state index contributed by atoms with van der Waals surface area (Å²) < 4.78 is 38.2. The summed E-state index contributed by atoms with van der Waals surface area (Å²) in [6, 6.07) is 9.00. The zero-order valence-corrected chi connectivity index (χ0v) is 15.7. The minimum absolute atomic E-state index is 0.128. The molecular formula is C18H10ClF3N4OS. The van der Waals surface area contributed by atoms with Crippen LogP contribution in [0.1, 0.15) is 11.1 Å². The molecule has 0 radical (unpaired) electrons. The number of halogens is 4. The van der Waals surface area contributed by atoms with E-state index in [1.165, 1.54) is 11.8 Å². The number of thioether (sulfide) groups is 1. The van der Waals surface area contributed by atoms with E-state index >= 15 is 0 Å². The summed E-state index contributed by atoms with van der Waals surface area (Å²) in [7, 11) is 0. The van der Waals surface area contributed by atoms with Gasteiger partial charge in [0.05, 0.1) is 22.0 Å². The maximum Gasteiger partial charge on any atom is 0.417 e. The third-order valence-corrected chi connectivity index (χ3v) is 4.67. The molecule has 3 aromatic rings. The number of H-pyrrole nitrogens is 1. The van der Waals surface area contributed by atoms with Crippen LogP contribution in [-0.2, 0) is 6.18 Å². The van der Waals surface area contributed by atoms with Gasteiger partial charge in [0.15, 0.2) is 5.16 Å². The van der Waals surface area contributed by atoms with Crippen LogP contribution in [0.15, 0.2) is 46.5 Å². The number of benzene rings is 1. The van der Waals surface area contributed by atoms with Gasteiger partial charge in [-0.2, -0.15) is 18.4 Å². The van der Waals surface area contributed by atoms with Gasteiger partial charge in [-0.3, -0.25) is 9.78 Å². The maximum atomic E-state index is 12.7. The smallest absolute Gasteiger partial charge is 0.300 e. The lowest BCUT2D eigenvalue weighted by Crippen LogP contribution is -2.14. The Morgan fingerprint density at radius 2 is 1.79 bits per heavy atom. The summed E-state index contributed by atoms with van der Waals surface area (Å²) in [5, 5.41) is 9.47. The number of nitrogens with zero attached hydrogens (tertiary/aromatic N) is 3. The van der Waals surface area contributed by atoms with Gasteiger partial charge in [0.2, 0.25) is 0 Å². The van der Waals surface area contributed by atoms with E-state index in [1.54, 1.807) is 30.5 Å². The predicted molar refractivity (Wildman–Crippen MR) is 100 cm³/mol. The first kappa shape index (κ1) is 19.9. The van der Waals surface area contributed by atoms with Crippen molar-refractivity contribution in [1.29, 1.82) is 5.26 Å². The Balaban J connectivity index is 2.03. The fourth-order valence-corrected chi connectivity index (χ4v) is 3.11. The second kappa shape index (κ2) is 7.66. The van der Waals surface area contributed by atoms with E-state index < -0.39 is 17.3 Å². The normalized spacial score (nSPS) is 11.3. The average Bonchev–Trinajstić information content (AvgIpc) is 2.66. The minimum Gasteiger partial charge on any atom is -0.300 e. The van der Waals surface area contributed by atoms with Crippen LogP contribution in [0.4, 0.5) is 13.2 Å². The lowest BCUT2D eigenvalue weighted by Gasteiger charge is -2.10. The third kappa shape index (κ3) is 3.88. The van der Waals surface area contributed by atoms with Crippen LogP contribution in [0.25, 0.3) is 22.5 Å². The second-order valence-corrected chi connectivity index (χ2v) is 6.74. The molecule has 0 fully saturated rings. The number of aromatic amines is 1. The summed E-state index contributed by atoms with van der Waals surface area (Å²) in [5.41, 5.74) is -0.224. The maximum absolute atomic E-state index is 12.7. The van der Waals surface area contributed by atoms with Crippen molar-refractivity contribution >= 4 is 23.4 Å². The van der Waals surface area contributed by atoms with Crippen LogP contribution >= 0.6 is 23.4 Å². The summed E-state index contributed by atoms with van der Waals surface area (Å²) in [6.07, 6.45) is -2.09. The molecule has 0 saturated heterocycles. The largest absolute Gasteiger partial charge is 0.417 e. The number of rotatable bonds is 3. The molecule has 0 amide bonds. The SMILES string of the molecule is CSc1nc(-c2ccc(-c3ncc(C(F)(F)F)cc3Cl)cc2)c(C#N)c(=O)[nH]1. The van der Waals surface area contributed by atoms with Crippen molar-refractivity contribution < 1.29 is 13.2 Å². The van der Waals surface area contributed by atoms with Gasteiger partial charge in [-0.05, 0) is 12.3 Å². The van der Waals surface area contributed by atoms with Crippen molar-refractivity contribution in [3.8, 4) is 28.6 Å². The Labute approximate surface area is 166 Å². The highest BCUT2D eigenvalue weighted by atomic mass is 35.5. The second-order valence-electron chi connectivity index (χ2n) is 5.54. The van der Waals surface area contributed by atoms with Gasteiger partial charge in [0, 0.05) is 17.3 Å². The van der Waals surface area contributed by atoms with E-state index in [4.69, 9.17) is 11.6 Å². The summed E-state index contributed by atoms with van der Waals surface area (Å²) in [6.45, 7) is 0. The molecule has 5 nitrogen and oxygen atoms in total. The van der Waals surface area contributed by atoms with Crippen molar-refractivity contribution in [1.82, 2.24) is 15.0 Å². The summed E-state index contributed by atoms with van der Waals surface area (Å²) in [5.74, 6) is 0. The summed E-state index contributed by atoms with van der Waals surface area (Å²) >= 11 is 7.19. The molecular weight excluding hydrogens is 413 g/mol. The molecule has 0 aliphatic heterocycles. The standard InChI is InChI=1S/C18H10ClF3N4OS/c1-28-17-25-14(12(7-23)16(27)26-17)9-2-4-10(5-3-9)15-13(19)6-11(8-24-15)18(20,21)22/h2-6,8H,1H3,(H,25,26,27). The van der Waals surface area contributed by atoms with Crippen molar-refractivity contribution in [3.05, 3.63) is 63.0 Å². The zero-order valence-electron chi connectivity index (χ0n) is 14.1. The molecule has 0 spiro atoms. The quantitative estimate of drug-likeness (QED) is 0.486. The predicted octanol–water partition coefficient (Wildman–Crippen LogP) is 4.76. The van der Waals surface area contributed by atoms with Crippen molar-refractivity contribution in [2.45, 2.75) is 11.3 Å². The molecule has 10 heteroatoms. The molecule has 1 aromatic carbocycles. The van der Waals surface area contributed by atoms with Gasteiger partial charge in [-0.15, -0.1) is 0 Å². The highest BCUT2D eigenvalue weighted by Crippen LogP contribution is 2.34. The number of pyridine rings is 1. The first-order valence-electron chi connectivity index (χ1n) is 7.66. The Morgan fingerprint density at radius 3 is 2.29 bits per heavy atom. The lowest BCUT2D eigenvalue weighted by atomic mass is 10.0. The van der Waals surface area contributed by atoms with Gasteiger partial charge >= 0.3 is 6.18 Å². The van der Waals surface area contributed by atoms with E-state index in [0.29, 0.717) is 22.5 Å². The molecule has 0 bridgehead atoms. The van der Waals surface area contributed by atoms with E-state index in [2.05, 4.69) is 15.0 Å². The monoisotopic (exact) mass is 422 g/mol. The molecule has 0 saturated carbocycles. The highest BCUT2D eigenvalue weighted by Gasteiger charge is 2.31. The Hall–Kier alpha value is -2.83. The molecule has 0 aliphatic rings. The Kier molecular flexibility index (Phi) is 5.45. The number of nitrogens with one attached hydrogen (secondary N) is 1. The third-order valence-electron chi connectivity index (χ3n) is 3.80. The van der Waals surface area contributed by atoms with E-state index in [9.17, 15) is 23.2 Å². The minimum atomic E-state index is -4.53. The van der Waals surface area contributed by atoms with Gasteiger partial charge in [-0.1, -0.05) is 47.6 Å². The van der Waals surface area contributed by atoms with Crippen LogP contribution in [0.2, 0.25) is 5.02 Å². The topological polar surface area (TPSA) is 82.4 Å². The first-order valence-corrected chi connectivity index (χ1v) is 9.27. The molecule has 2 aromatic heterocycles. The average molecular weight is 423 g/mol. The molecule has 0 atom stereocenters. The van der Waals surface area contributed by atoms with Gasteiger partial charge in [0.25, 0.3) is 5.56 Å². The van der Waals surface area contributed by atoms with Crippen molar-refractivity contribution in [3.63, 3.8) is 0 Å². The van der Waals surface area contributed by atoms with Crippen molar-refractivity contribution in [2.24, 2.45) is 0 Å². The van der Waals surface area contributed by atoms with Crippen LogP contribution < -0.4 is 5.56 Å². The molecule has 0 aliphatic carbocycles. The Bertz CT molecular complexity index is 1140. The van der Waals surface area contributed by atoms with Gasteiger partial charge in [0.1, 0.15) is 11.6 Å². The molecule has 2 heterocycles. The number of aromatic nitrogens is 3. The number of hydrogen-bond acceptors (Lipinski definition) is 5. The van der Waals surface area contributed by atoms with Crippen LogP contribution in [0.5, 0.6) is 0 Å². The van der Waals surface area contributed by atoms with Crippen LogP contribution in [0, 0.1) is 11.3 Å². The molecule has 142 valence electrons. The van der Waals surface area contributed by atoms with Gasteiger partial charge < -0.3 is 4.98 Å². The fraction of sp³-hybridized carbons (Fsp3) is 0.111. The zero-order chi connectivity index (χ0) is 20.5. The van der Waals surface area contributed by atoms with Crippen molar-refractivity contribution in [2.75, 3.05) is 6.26 Å². The molecule has 0 unspecified atom stereocenters. The lowest BCUT2D eigenvalue weighted by molar-refractivity contribution is -0.137. The fourth-order valence-electron chi connectivity index (χ4n) is 2.45. The molecule has 3 rings (SSSR count). The number of alkyl halides is 3. The molecule has 28 heavy (non-hydrogen) atoms. The van der Waals surface area contributed by atoms with Crippen LogP contribution in [-0.4, -0.2) is 21.2 Å². The van der Waals surface area contributed by atoms with E-state index in [1.807, 2.05) is 6.07 Å². The number of nitriles is 1.